The topological polar surface area (TPSA) is 68.3 Å². The highest BCUT2D eigenvalue weighted by atomic mass is 16.5. The average molecular weight is 284 g/mol. The molecule has 0 aliphatic rings. The number of nitrogens with two attached hydrogens (primary N) is 1. The second kappa shape index (κ2) is 6.90. The Morgan fingerprint density at radius 3 is 2.52 bits per heavy atom. The molecule has 4 nitrogen and oxygen atoms in total. The lowest BCUT2D eigenvalue weighted by Gasteiger charge is -2.15. The molecule has 1 atom stereocenters. The molecule has 21 heavy (non-hydrogen) atoms. The van der Waals surface area contributed by atoms with Crippen LogP contribution in [0, 0.1) is 5.41 Å². The monoisotopic (exact) mass is 284 g/mol. The lowest BCUT2D eigenvalue weighted by atomic mass is 10.1. The first-order valence-electron chi connectivity index (χ1n) is 6.79. The molecule has 0 spiro atoms. The molecule has 0 aromatic heterocycles. The molecule has 0 saturated heterocycles. The van der Waals surface area contributed by atoms with Crippen LogP contribution in [-0.4, -0.2) is 12.9 Å². The lowest BCUT2D eigenvalue weighted by Crippen LogP contribution is -2.13. The van der Waals surface area contributed by atoms with Gasteiger partial charge in [0, 0.05) is 0 Å². The molecule has 1 unspecified atom stereocenters. The molecular weight excluding hydrogens is 264 g/mol. The third-order valence-electron chi connectivity index (χ3n) is 3.32. The lowest BCUT2D eigenvalue weighted by molar-refractivity contribution is 0.0525. The van der Waals surface area contributed by atoms with Crippen molar-refractivity contribution in [2.75, 3.05) is 7.11 Å². The van der Waals surface area contributed by atoms with Crippen molar-refractivity contribution in [2.45, 2.75) is 19.6 Å². The van der Waals surface area contributed by atoms with E-state index in [2.05, 4.69) is 0 Å². The van der Waals surface area contributed by atoms with Gasteiger partial charge in [-0.05, 0) is 30.2 Å². The van der Waals surface area contributed by atoms with Crippen molar-refractivity contribution >= 4 is 5.84 Å². The molecule has 0 saturated carbocycles. The van der Waals surface area contributed by atoms with Crippen LogP contribution in [0.25, 0.3) is 0 Å². The Hall–Kier alpha value is -2.33. The van der Waals surface area contributed by atoms with Gasteiger partial charge in [0.1, 0.15) is 11.6 Å². The Labute approximate surface area is 125 Å². The first kappa shape index (κ1) is 15.1. The van der Waals surface area contributed by atoms with Crippen LogP contribution in [0.2, 0.25) is 0 Å². The number of nitrogen functional groups attached to an aromatic ring is 1. The van der Waals surface area contributed by atoms with Crippen LogP contribution < -0.4 is 10.5 Å². The molecule has 4 heteroatoms. The van der Waals surface area contributed by atoms with Crippen molar-refractivity contribution in [2.24, 2.45) is 5.73 Å². The summed E-state index contributed by atoms with van der Waals surface area (Å²) in [5.74, 6) is 0.590. The van der Waals surface area contributed by atoms with Gasteiger partial charge in [-0.15, -0.1) is 0 Å². The van der Waals surface area contributed by atoms with E-state index in [0.717, 1.165) is 11.1 Å². The van der Waals surface area contributed by atoms with E-state index in [-0.39, 0.29) is 11.9 Å². The molecule has 0 heterocycles. The molecule has 2 aromatic rings. The van der Waals surface area contributed by atoms with Crippen molar-refractivity contribution < 1.29 is 9.47 Å². The van der Waals surface area contributed by atoms with Gasteiger partial charge in [0.15, 0.2) is 0 Å². The van der Waals surface area contributed by atoms with Gasteiger partial charge in [-0.25, -0.2) is 0 Å². The molecule has 3 N–H and O–H groups in total. The summed E-state index contributed by atoms with van der Waals surface area (Å²) in [6, 6.07) is 15.6. The van der Waals surface area contributed by atoms with Crippen molar-refractivity contribution in [3.63, 3.8) is 0 Å². The van der Waals surface area contributed by atoms with E-state index in [1.165, 1.54) is 0 Å². The van der Waals surface area contributed by atoms with Crippen molar-refractivity contribution in [3.8, 4) is 5.75 Å². The largest absolute Gasteiger partial charge is 0.496 e. The molecule has 0 aliphatic heterocycles. The fraction of sp³-hybridized carbons (Fsp3) is 0.235. The highest BCUT2D eigenvalue weighted by Crippen LogP contribution is 2.22. The summed E-state index contributed by atoms with van der Waals surface area (Å²) in [7, 11) is 1.56. The predicted molar refractivity (Wildman–Crippen MR) is 83.7 cm³/mol. The zero-order valence-corrected chi connectivity index (χ0v) is 12.3. The number of hydrogen-bond acceptors (Lipinski definition) is 3. The first-order valence-corrected chi connectivity index (χ1v) is 6.79. The average Bonchev–Trinajstić information content (AvgIpc) is 2.53. The Bertz CT molecular complexity index is 611. The SMILES string of the molecule is COc1ccc(COC(C)c2ccccc2)cc1C(=N)N. The first-order chi connectivity index (χ1) is 10.1. The van der Waals surface area contributed by atoms with Crippen LogP contribution >= 0.6 is 0 Å². The minimum Gasteiger partial charge on any atom is -0.496 e. The number of nitrogens with one attached hydrogen (secondary N) is 1. The minimum absolute atomic E-state index is 0.00841. The van der Waals surface area contributed by atoms with Crippen LogP contribution in [-0.2, 0) is 11.3 Å². The van der Waals surface area contributed by atoms with Crippen LogP contribution in [0.5, 0.6) is 5.75 Å². The zero-order chi connectivity index (χ0) is 15.2. The van der Waals surface area contributed by atoms with Crippen molar-refractivity contribution in [3.05, 3.63) is 65.2 Å². The zero-order valence-electron chi connectivity index (χ0n) is 12.3. The number of hydrogen-bond donors (Lipinski definition) is 2. The Morgan fingerprint density at radius 1 is 1.19 bits per heavy atom. The van der Waals surface area contributed by atoms with Gasteiger partial charge in [-0.2, -0.15) is 0 Å². The van der Waals surface area contributed by atoms with Gasteiger partial charge in [-0.1, -0.05) is 36.4 Å². The van der Waals surface area contributed by atoms with Crippen molar-refractivity contribution in [1.29, 1.82) is 5.41 Å². The molecule has 110 valence electrons. The quantitative estimate of drug-likeness (QED) is 0.632. The molecule has 0 bridgehead atoms. The number of ether oxygens (including phenoxy) is 2. The summed E-state index contributed by atoms with van der Waals surface area (Å²) < 4.78 is 11.1. The summed E-state index contributed by atoms with van der Waals surface area (Å²) in [4.78, 5) is 0. The van der Waals surface area contributed by atoms with Gasteiger partial charge in [0.25, 0.3) is 0 Å². The molecule has 0 fully saturated rings. The summed E-state index contributed by atoms with van der Waals surface area (Å²) in [5.41, 5.74) is 8.26. The van der Waals surface area contributed by atoms with E-state index in [1.54, 1.807) is 7.11 Å². The Kier molecular flexibility index (Phi) is 4.95. The molecule has 0 aliphatic carbocycles. The van der Waals surface area contributed by atoms with Gasteiger partial charge in [0.2, 0.25) is 0 Å². The Morgan fingerprint density at radius 2 is 1.90 bits per heavy atom. The number of benzene rings is 2. The van der Waals surface area contributed by atoms with E-state index in [1.807, 2.05) is 55.5 Å². The second-order valence-corrected chi connectivity index (χ2v) is 4.81. The maximum Gasteiger partial charge on any atom is 0.129 e. The second-order valence-electron chi connectivity index (χ2n) is 4.81. The maximum absolute atomic E-state index is 7.58. The van der Waals surface area contributed by atoms with Crippen LogP contribution in [0.1, 0.15) is 29.7 Å². The maximum atomic E-state index is 7.58. The van der Waals surface area contributed by atoms with Gasteiger partial charge < -0.3 is 15.2 Å². The fourth-order valence-corrected chi connectivity index (χ4v) is 2.10. The van der Waals surface area contributed by atoms with Gasteiger partial charge in [-0.3, -0.25) is 5.41 Å². The number of amidine groups is 1. The van der Waals surface area contributed by atoms with E-state index in [9.17, 15) is 0 Å². The van der Waals surface area contributed by atoms with Gasteiger partial charge in [0.05, 0.1) is 25.4 Å². The van der Waals surface area contributed by atoms with Crippen LogP contribution in [0.4, 0.5) is 0 Å². The third-order valence-corrected chi connectivity index (χ3v) is 3.32. The highest BCUT2D eigenvalue weighted by molar-refractivity contribution is 5.97. The summed E-state index contributed by atoms with van der Waals surface area (Å²) in [6.45, 7) is 2.48. The normalized spacial score (nSPS) is 11.9. The minimum atomic E-state index is -0.00944. The summed E-state index contributed by atoms with van der Waals surface area (Å²) in [6.07, 6.45) is 0.00841. The summed E-state index contributed by atoms with van der Waals surface area (Å²) >= 11 is 0. The summed E-state index contributed by atoms with van der Waals surface area (Å²) in [5, 5.41) is 7.58. The predicted octanol–water partition coefficient (Wildman–Crippen LogP) is 3.26. The molecular formula is C17H20N2O2. The molecule has 2 rings (SSSR count). The van der Waals surface area contributed by atoms with E-state index in [0.29, 0.717) is 17.9 Å². The van der Waals surface area contributed by atoms with Crippen LogP contribution in [0.15, 0.2) is 48.5 Å². The van der Waals surface area contributed by atoms with Crippen molar-refractivity contribution in [1.82, 2.24) is 0 Å². The Balaban J connectivity index is 2.07. The third kappa shape index (κ3) is 3.83. The highest BCUT2D eigenvalue weighted by Gasteiger charge is 2.09. The fourth-order valence-electron chi connectivity index (χ4n) is 2.10. The van der Waals surface area contributed by atoms with E-state index in [4.69, 9.17) is 20.6 Å². The molecule has 0 radical (unpaired) electrons. The van der Waals surface area contributed by atoms with E-state index >= 15 is 0 Å². The molecule has 2 aromatic carbocycles. The molecule has 0 amide bonds. The number of rotatable bonds is 6. The van der Waals surface area contributed by atoms with E-state index < -0.39 is 0 Å². The van der Waals surface area contributed by atoms with Crippen LogP contribution in [0.3, 0.4) is 0 Å². The number of methoxy groups -OCH3 is 1. The standard InChI is InChI=1S/C17H20N2O2/c1-12(14-6-4-3-5-7-14)21-11-13-8-9-16(20-2)15(10-13)17(18)19/h3-10,12H,11H2,1-2H3,(H3,18,19). The smallest absolute Gasteiger partial charge is 0.129 e. The van der Waals surface area contributed by atoms with Gasteiger partial charge >= 0.3 is 0 Å².